The highest BCUT2D eigenvalue weighted by atomic mass is 32.2. The van der Waals surface area contributed by atoms with Crippen LogP contribution >= 0.6 is 11.8 Å². The van der Waals surface area contributed by atoms with Crippen molar-refractivity contribution >= 4 is 23.5 Å². The molecule has 1 heterocycles. The van der Waals surface area contributed by atoms with E-state index in [1.54, 1.807) is 0 Å². The fourth-order valence-corrected chi connectivity index (χ4v) is 2.13. The van der Waals surface area contributed by atoms with Gasteiger partial charge in [-0.1, -0.05) is 6.92 Å². The Balaban J connectivity index is 2.58. The number of thioether (sulfide) groups is 1. The van der Waals surface area contributed by atoms with Crippen LogP contribution in [-0.4, -0.2) is 38.8 Å². The highest BCUT2D eigenvalue weighted by molar-refractivity contribution is 7.99. The molecule has 0 aliphatic rings. The number of rotatable bonds is 7. The van der Waals surface area contributed by atoms with E-state index in [1.165, 1.54) is 12.3 Å². The fourth-order valence-electron chi connectivity index (χ4n) is 1.32. The molecule has 0 saturated heterocycles. The summed E-state index contributed by atoms with van der Waals surface area (Å²) in [6, 6.07) is 1.63. The van der Waals surface area contributed by atoms with Gasteiger partial charge < -0.3 is 10.4 Å². The Labute approximate surface area is 105 Å². The Hall–Kier alpha value is -1.30. The maximum atomic E-state index is 11.0. The van der Waals surface area contributed by atoms with Crippen molar-refractivity contribution in [2.75, 3.05) is 16.8 Å². The van der Waals surface area contributed by atoms with Crippen molar-refractivity contribution in [3.05, 3.63) is 17.8 Å². The first kappa shape index (κ1) is 13.8. The van der Waals surface area contributed by atoms with Gasteiger partial charge in [-0.05, 0) is 30.9 Å². The first-order chi connectivity index (χ1) is 8.15. The topological polar surface area (TPSA) is 75.1 Å². The van der Waals surface area contributed by atoms with Crippen LogP contribution in [0, 0.1) is 0 Å². The highest BCUT2D eigenvalue weighted by Gasteiger charge is 2.13. The molecule has 0 aromatic carbocycles. The zero-order valence-corrected chi connectivity index (χ0v) is 10.8. The summed E-state index contributed by atoms with van der Waals surface area (Å²) in [5.74, 6) is 1.50. The summed E-state index contributed by atoms with van der Waals surface area (Å²) in [6.07, 6.45) is 2.35. The molecule has 0 amide bonds. The third-order valence-corrected chi connectivity index (χ3v) is 3.17. The quantitative estimate of drug-likeness (QED) is 0.727. The Kier molecular flexibility index (Phi) is 5.76. The fraction of sp³-hybridized carbons (Fsp3) is 0.545. The molecular weight excluding hydrogens is 238 g/mol. The van der Waals surface area contributed by atoms with Gasteiger partial charge in [0.2, 0.25) is 0 Å². The summed E-state index contributed by atoms with van der Waals surface area (Å²) in [5.41, 5.74) is 0.162. The summed E-state index contributed by atoms with van der Waals surface area (Å²) in [5, 5.41) is 19.6. The van der Waals surface area contributed by atoms with Crippen molar-refractivity contribution in [3.63, 3.8) is 0 Å². The molecule has 17 heavy (non-hydrogen) atoms. The minimum Gasteiger partial charge on any atom is -0.478 e. The van der Waals surface area contributed by atoms with E-state index in [0.717, 1.165) is 17.9 Å². The average Bonchev–Trinajstić information content (AvgIpc) is 2.29. The maximum absolute atomic E-state index is 11.0. The van der Waals surface area contributed by atoms with E-state index < -0.39 is 5.97 Å². The lowest BCUT2D eigenvalue weighted by Crippen LogP contribution is -2.19. The van der Waals surface area contributed by atoms with Gasteiger partial charge in [-0.2, -0.15) is 16.9 Å². The second kappa shape index (κ2) is 7.11. The van der Waals surface area contributed by atoms with Gasteiger partial charge in [-0.25, -0.2) is 4.79 Å². The Bertz CT molecular complexity index is 373. The van der Waals surface area contributed by atoms with Gasteiger partial charge in [0.25, 0.3) is 0 Å². The van der Waals surface area contributed by atoms with E-state index in [4.69, 9.17) is 5.11 Å². The third-order valence-electron chi connectivity index (χ3n) is 2.23. The van der Waals surface area contributed by atoms with Crippen molar-refractivity contribution in [2.24, 2.45) is 0 Å². The lowest BCUT2D eigenvalue weighted by Gasteiger charge is -2.14. The van der Waals surface area contributed by atoms with Gasteiger partial charge in [-0.15, -0.1) is 5.10 Å². The number of nitrogens with one attached hydrogen (secondary N) is 1. The molecule has 0 bridgehead atoms. The molecule has 0 saturated carbocycles. The van der Waals surface area contributed by atoms with E-state index in [1.807, 2.05) is 18.7 Å². The van der Waals surface area contributed by atoms with Gasteiger partial charge in [0.15, 0.2) is 5.82 Å². The number of aromatic carboxylic acids is 1. The van der Waals surface area contributed by atoms with Crippen LogP contribution in [0.15, 0.2) is 12.3 Å². The first-order valence-electron chi connectivity index (χ1n) is 5.54. The molecule has 0 aliphatic carbocycles. The standard InChI is InChI=1S/C11H17N3O2S/c1-3-17-7-5-8(2)13-10-9(11(15)16)4-6-12-14-10/h4,6,8H,3,5,7H2,1-2H3,(H,13,14)(H,15,16). The second-order valence-corrected chi connectivity index (χ2v) is 5.02. The molecule has 0 fully saturated rings. The van der Waals surface area contributed by atoms with E-state index in [0.29, 0.717) is 5.82 Å². The summed E-state index contributed by atoms with van der Waals surface area (Å²) in [7, 11) is 0. The largest absolute Gasteiger partial charge is 0.478 e. The Morgan fingerprint density at radius 2 is 2.41 bits per heavy atom. The van der Waals surface area contributed by atoms with Gasteiger partial charge in [0, 0.05) is 6.04 Å². The van der Waals surface area contributed by atoms with Gasteiger partial charge in [0.05, 0.1) is 6.20 Å². The second-order valence-electron chi connectivity index (χ2n) is 3.63. The van der Waals surface area contributed by atoms with Crippen LogP contribution in [0.25, 0.3) is 0 Å². The lowest BCUT2D eigenvalue weighted by atomic mass is 10.2. The predicted octanol–water partition coefficient (Wildman–Crippen LogP) is 2.12. The van der Waals surface area contributed by atoms with Gasteiger partial charge in [0.1, 0.15) is 5.56 Å². The Morgan fingerprint density at radius 3 is 3.06 bits per heavy atom. The molecule has 1 atom stereocenters. The molecule has 0 aliphatic heterocycles. The molecular formula is C11H17N3O2S. The number of carbonyl (C=O) groups is 1. The van der Waals surface area contributed by atoms with Gasteiger partial charge >= 0.3 is 5.97 Å². The van der Waals surface area contributed by atoms with E-state index in [9.17, 15) is 4.79 Å². The monoisotopic (exact) mass is 255 g/mol. The number of carboxylic acids is 1. The van der Waals surface area contributed by atoms with Crippen molar-refractivity contribution in [1.82, 2.24) is 10.2 Å². The molecule has 0 spiro atoms. The van der Waals surface area contributed by atoms with Crippen LogP contribution in [0.2, 0.25) is 0 Å². The highest BCUT2D eigenvalue weighted by Crippen LogP contribution is 2.13. The number of hydrogen-bond acceptors (Lipinski definition) is 5. The summed E-state index contributed by atoms with van der Waals surface area (Å²) in [4.78, 5) is 11.0. The molecule has 94 valence electrons. The van der Waals surface area contributed by atoms with E-state index in [-0.39, 0.29) is 11.6 Å². The predicted molar refractivity (Wildman–Crippen MR) is 69.7 cm³/mol. The molecule has 1 aromatic rings. The lowest BCUT2D eigenvalue weighted by molar-refractivity contribution is 0.0697. The minimum atomic E-state index is -0.988. The van der Waals surface area contributed by atoms with E-state index in [2.05, 4.69) is 22.4 Å². The van der Waals surface area contributed by atoms with Crippen LogP contribution in [-0.2, 0) is 0 Å². The van der Waals surface area contributed by atoms with Crippen LogP contribution in [0.4, 0.5) is 5.82 Å². The molecule has 2 N–H and O–H groups in total. The zero-order chi connectivity index (χ0) is 12.7. The molecule has 1 aromatic heterocycles. The van der Waals surface area contributed by atoms with Gasteiger partial charge in [-0.3, -0.25) is 0 Å². The van der Waals surface area contributed by atoms with Crippen LogP contribution in [0.3, 0.4) is 0 Å². The zero-order valence-electron chi connectivity index (χ0n) is 10.0. The van der Waals surface area contributed by atoms with E-state index >= 15 is 0 Å². The number of nitrogens with zero attached hydrogens (tertiary/aromatic N) is 2. The number of carboxylic acid groups (broad SMARTS) is 1. The number of anilines is 1. The smallest absolute Gasteiger partial charge is 0.339 e. The summed E-state index contributed by atoms with van der Waals surface area (Å²) >= 11 is 1.87. The average molecular weight is 255 g/mol. The number of aromatic nitrogens is 2. The first-order valence-corrected chi connectivity index (χ1v) is 6.69. The molecule has 1 rings (SSSR count). The molecule has 0 radical (unpaired) electrons. The molecule has 1 unspecified atom stereocenters. The normalized spacial score (nSPS) is 12.1. The van der Waals surface area contributed by atoms with Crippen molar-refractivity contribution < 1.29 is 9.90 Å². The van der Waals surface area contributed by atoms with Crippen LogP contribution in [0.1, 0.15) is 30.6 Å². The van der Waals surface area contributed by atoms with Crippen LogP contribution < -0.4 is 5.32 Å². The van der Waals surface area contributed by atoms with Crippen molar-refractivity contribution in [1.29, 1.82) is 0 Å². The summed E-state index contributed by atoms with van der Waals surface area (Å²) < 4.78 is 0. The molecule has 6 heteroatoms. The SMILES string of the molecule is CCSCCC(C)Nc1nnccc1C(=O)O. The van der Waals surface area contributed by atoms with Crippen molar-refractivity contribution in [2.45, 2.75) is 26.3 Å². The maximum Gasteiger partial charge on any atom is 0.339 e. The van der Waals surface area contributed by atoms with Crippen LogP contribution in [0.5, 0.6) is 0 Å². The number of hydrogen-bond donors (Lipinski definition) is 2. The molecule has 5 nitrogen and oxygen atoms in total. The third kappa shape index (κ3) is 4.60. The Morgan fingerprint density at radius 1 is 1.65 bits per heavy atom. The summed E-state index contributed by atoms with van der Waals surface area (Å²) in [6.45, 7) is 4.13. The minimum absolute atomic E-state index is 0.162. The van der Waals surface area contributed by atoms with Crippen molar-refractivity contribution in [3.8, 4) is 0 Å².